The number of nitrogens with zero attached hydrogens (tertiary/aromatic N) is 2. The van der Waals surface area contributed by atoms with E-state index >= 15 is 0 Å². The monoisotopic (exact) mass is 420 g/mol. The van der Waals surface area contributed by atoms with E-state index in [-0.39, 0.29) is 0 Å². The number of anilines is 1. The molecule has 1 fully saturated rings. The summed E-state index contributed by atoms with van der Waals surface area (Å²) in [5, 5.41) is 4.68. The summed E-state index contributed by atoms with van der Waals surface area (Å²) < 4.78 is 39.0. The van der Waals surface area contributed by atoms with Crippen molar-refractivity contribution in [3.63, 3.8) is 0 Å². The molecule has 160 valence electrons. The van der Waals surface area contributed by atoms with Crippen LogP contribution < -0.4 is 15.5 Å². The van der Waals surface area contributed by atoms with Gasteiger partial charge in [0.2, 0.25) is 5.91 Å². The van der Waals surface area contributed by atoms with Gasteiger partial charge in [-0.2, -0.15) is 13.2 Å². The Bertz CT molecular complexity index is 881. The first-order valence-electron chi connectivity index (χ1n) is 9.53. The second-order valence-electron chi connectivity index (χ2n) is 6.95. The third-order valence-corrected chi connectivity index (χ3v) is 5.05. The molecule has 0 unspecified atom stereocenters. The van der Waals surface area contributed by atoms with Crippen molar-refractivity contribution >= 4 is 17.6 Å². The molecule has 30 heavy (non-hydrogen) atoms. The molecule has 1 saturated heterocycles. The third kappa shape index (κ3) is 5.10. The normalized spacial score (nSPS) is 16.1. The molecule has 0 spiro atoms. The van der Waals surface area contributed by atoms with E-state index in [2.05, 4.69) is 10.6 Å². The van der Waals surface area contributed by atoms with Crippen LogP contribution in [0.4, 0.5) is 23.7 Å². The Labute approximate surface area is 172 Å². The zero-order valence-electron chi connectivity index (χ0n) is 16.4. The molecular weight excluding hydrogens is 397 g/mol. The van der Waals surface area contributed by atoms with Gasteiger partial charge in [-0.25, -0.2) is 4.79 Å². The number of hydrogen-bond donors (Lipinski definition) is 2. The minimum absolute atomic E-state index is 0.451. The molecule has 3 rings (SSSR count). The minimum Gasteiger partial charge on any atom is -0.369 e. The topological polar surface area (TPSA) is 64.7 Å². The Hall–Kier alpha value is -3.07. The van der Waals surface area contributed by atoms with Crippen molar-refractivity contribution in [2.75, 3.05) is 38.1 Å². The number of rotatable bonds is 4. The molecule has 0 bridgehead atoms. The summed E-state index contributed by atoms with van der Waals surface area (Å²) in [6.45, 7) is 1.82. The number of piperazine rings is 1. The summed E-state index contributed by atoms with van der Waals surface area (Å²) in [4.78, 5) is 28.2. The van der Waals surface area contributed by atoms with Crippen LogP contribution in [0.2, 0.25) is 0 Å². The minimum atomic E-state index is -4.39. The molecule has 3 amide bonds. The molecule has 1 aliphatic heterocycles. The Kier molecular flexibility index (Phi) is 6.61. The molecule has 0 aliphatic carbocycles. The number of halogens is 3. The SMILES string of the molecule is CNC(=O)NC(=O)[C@@H](c1ccccc1)N1CCN(c2cccc(C(F)(F)F)c2)CC1. The zero-order chi connectivity index (χ0) is 21.7. The van der Waals surface area contributed by atoms with Crippen LogP contribution in [-0.4, -0.2) is 50.1 Å². The zero-order valence-corrected chi connectivity index (χ0v) is 16.4. The van der Waals surface area contributed by atoms with Crippen LogP contribution >= 0.6 is 0 Å². The quantitative estimate of drug-likeness (QED) is 0.798. The first-order valence-corrected chi connectivity index (χ1v) is 9.53. The number of nitrogens with one attached hydrogen (secondary N) is 2. The van der Waals surface area contributed by atoms with Crippen molar-refractivity contribution in [3.8, 4) is 0 Å². The summed E-state index contributed by atoms with van der Waals surface area (Å²) in [6.07, 6.45) is -4.39. The average Bonchev–Trinajstić information content (AvgIpc) is 2.74. The largest absolute Gasteiger partial charge is 0.416 e. The summed E-state index contributed by atoms with van der Waals surface area (Å²) in [5.74, 6) is -0.451. The molecular formula is C21H23F3N4O2. The highest BCUT2D eigenvalue weighted by molar-refractivity contribution is 5.97. The molecule has 1 atom stereocenters. The molecule has 0 radical (unpaired) electrons. The van der Waals surface area contributed by atoms with Gasteiger partial charge in [-0.15, -0.1) is 0 Å². The number of benzene rings is 2. The van der Waals surface area contributed by atoms with Gasteiger partial charge in [0.1, 0.15) is 6.04 Å². The first-order chi connectivity index (χ1) is 14.3. The molecule has 1 aliphatic rings. The maximum atomic E-state index is 13.0. The lowest BCUT2D eigenvalue weighted by atomic mass is 10.0. The van der Waals surface area contributed by atoms with E-state index < -0.39 is 29.7 Å². The van der Waals surface area contributed by atoms with E-state index in [1.54, 1.807) is 6.07 Å². The van der Waals surface area contributed by atoms with Crippen LogP contribution in [0.25, 0.3) is 0 Å². The second-order valence-corrected chi connectivity index (χ2v) is 6.95. The molecule has 2 N–H and O–H groups in total. The van der Waals surface area contributed by atoms with E-state index in [0.717, 1.165) is 17.7 Å². The van der Waals surface area contributed by atoms with E-state index in [1.165, 1.54) is 13.1 Å². The molecule has 0 aromatic heterocycles. The Morgan fingerprint density at radius 3 is 2.23 bits per heavy atom. The third-order valence-electron chi connectivity index (χ3n) is 5.05. The average molecular weight is 420 g/mol. The Balaban J connectivity index is 1.75. The van der Waals surface area contributed by atoms with Crippen LogP contribution in [0.1, 0.15) is 17.2 Å². The van der Waals surface area contributed by atoms with Gasteiger partial charge in [-0.3, -0.25) is 15.0 Å². The molecule has 2 aromatic carbocycles. The van der Waals surface area contributed by atoms with Crippen molar-refractivity contribution in [2.45, 2.75) is 12.2 Å². The predicted octanol–water partition coefficient (Wildman–Crippen LogP) is 3.02. The van der Waals surface area contributed by atoms with Gasteiger partial charge >= 0.3 is 12.2 Å². The summed E-state index contributed by atoms with van der Waals surface area (Å²) in [6, 6.07) is 13.1. The lowest BCUT2D eigenvalue weighted by Gasteiger charge is -2.39. The number of imide groups is 1. The Morgan fingerprint density at radius 2 is 1.63 bits per heavy atom. The highest BCUT2D eigenvalue weighted by Crippen LogP contribution is 2.32. The molecule has 6 nitrogen and oxygen atoms in total. The summed E-state index contributed by atoms with van der Waals surface area (Å²) >= 11 is 0. The summed E-state index contributed by atoms with van der Waals surface area (Å²) in [5.41, 5.74) is 0.552. The number of hydrogen-bond acceptors (Lipinski definition) is 4. The fourth-order valence-corrected chi connectivity index (χ4v) is 3.52. The van der Waals surface area contributed by atoms with E-state index in [4.69, 9.17) is 0 Å². The fourth-order valence-electron chi connectivity index (χ4n) is 3.52. The van der Waals surface area contributed by atoms with E-state index in [9.17, 15) is 22.8 Å². The maximum Gasteiger partial charge on any atom is 0.416 e. The number of amides is 3. The Morgan fingerprint density at radius 1 is 0.967 bits per heavy atom. The van der Waals surface area contributed by atoms with Crippen molar-refractivity contribution in [1.29, 1.82) is 0 Å². The van der Waals surface area contributed by atoms with Crippen molar-refractivity contribution in [3.05, 3.63) is 65.7 Å². The van der Waals surface area contributed by atoms with Crippen LogP contribution in [0.3, 0.4) is 0 Å². The second kappa shape index (κ2) is 9.17. The lowest BCUT2D eigenvalue weighted by Crippen LogP contribution is -2.52. The van der Waals surface area contributed by atoms with Crippen molar-refractivity contribution in [1.82, 2.24) is 15.5 Å². The smallest absolute Gasteiger partial charge is 0.369 e. The van der Waals surface area contributed by atoms with Crippen molar-refractivity contribution < 1.29 is 22.8 Å². The number of urea groups is 1. The van der Waals surface area contributed by atoms with Crippen LogP contribution in [0.15, 0.2) is 54.6 Å². The van der Waals surface area contributed by atoms with Gasteiger partial charge in [0, 0.05) is 38.9 Å². The standard InChI is InChI=1S/C21H23F3N4O2/c1-25-20(30)26-19(29)18(15-6-3-2-4-7-15)28-12-10-27(11-13-28)17-9-5-8-16(14-17)21(22,23)24/h2-9,14,18H,10-13H2,1H3,(H2,25,26,29,30)/t18-/m1/s1. The molecule has 2 aromatic rings. The van der Waals surface area contributed by atoms with Gasteiger partial charge in [0.05, 0.1) is 5.56 Å². The lowest BCUT2D eigenvalue weighted by molar-refractivity contribution is -0.137. The summed E-state index contributed by atoms with van der Waals surface area (Å²) in [7, 11) is 1.42. The van der Waals surface area contributed by atoms with Gasteiger partial charge in [-0.1, -0.05) is 36.4 Å². The van der Waals surface area contributed by atoms with Gasteiger partial charge in [0.25, 0.3) is 0 Å². The van der Waals surface area contributed by atoms with Gasteiger partial charge < -0.3 is 10.2 Å². The number of carbonyl (C=O) groups is 2. The van der Waals surface area contributed by atoms with Crippen molar-refractivity contribution in [2.24, 2.45) is 0 Å². The van der Waals surface area contributed by atoms with Crippen LogP contribution in [0, 0.1) is 0 Å². The number of carbonyl (C=O) groups excluding carboxylic acids is 2. The highest BCUT2D eigenvalue weighted by Gasteiger charge is 2.33. The van der Waals surface area contributed by atoms with Crippen LogP contribution in [0.5, 0.6) is 0 Å². The van der Waals surface area contributed by atoms with Gasteiger partial charge in [-0.05, 0) is 23.8 Å². The molecule has 0 saturated carbocycles. The predicted molar refractivity (Wildman–Crippen MR) is 107 cm³/mol. The maximum absolute atomic E-state index is 13.0. The number of alkyl halides is 3. The van der Waals surface area contributed by atoms with E-state index in [0.29, 0.717) is 31.9 Å². The van der Waals surface area contributed by atoms with E-state index in [1.807, 2.05) is 40.1 Å². The molecule has 9 heteroatoms. The first kappa shape index (κ1) is 21.6. The highest BCUT2D eigenvalue weighted by atomic mass is 19.4. The molecule has 1 heterocycles. The fraction of sp³-hybridized carbons (Fsp3) is 0.333. The van der Waals surface area contributed by atoms with Gasteiger partial charge in [0.15, 0.2) is 0 Å². The van der Waals surface area contributed by atoms with Crippen LogP contribution in [-0.2, 0) is 11.0 Å².